The largest absolute Gasteiger partial charge is 0.378 e. The van der Waals surface area contributed by atoms with E-state index in [9.17, 15) is 0 Å². The molecule has 1 atom stereocenters. The molecule has 0 aliphatic carbocycles. The second-order valence-corrected chi connectivity index (χ2v) is 7.13. The molecule has 140 valence electrons. The van der Waals surface area contributed by atoms with Crippen LogP contribution in [-0.4, -0.2) is 70.4 Å². The van der Waals surface area contributed by atoms with Crippen LogP contribution in [0, 0.1) is 0 Å². The maximum atomic E-state index is 5.40. The summed E-state index contributed by atoms with van der Waals surface area (Å²) in [6.07, 6.45) is 11.5. The number of anilines is 1. The third-order valence-corrected chi connectivity index (χ3v) is 5.43. The van der Waals surface area contributed by atoms with Crippen molar-refractivity contribution in [1.29, 1.82) is 0 Å². The minimum atomic E-state index is 0.435. The number of likely N-dealkylation sites (tertiary alicyclic amines) is 1. The summed E-state index contributed by atoms with van der Waals surface area (Å²) in [6, 6.07) is 0.435. The molecule has 4 heterocycles. The lowest BCUT2D eigenvalue weighted by Gasteiger charge is -2.27. The Hall–Kier alpha value is -1.99. The molecule has 2 fully saturated rings. The number of ether oxygens (including phenoxy) is 1. The van der Waals surface area contributed by atoms with Crippen molar-refractivity contribution in [2.75, 3.05) is 50.8 Å². The number of rotatable bonds is 6. The Morgan fingerprint density at radius 2 is 1.77 bits per heavy atom. The zero-order chi connectivity index (χ0) is 17.8. The fourth-order valence-corrected chi connectivity index (χ4v) is 3.88. The summed E-state index contributed by atoms with van der Waals surface area (Å²) in [6.45, 7) is 8.97. The molecule has 7 nitrogen and oxygen atoms in total. The lowest BCUT2D eigenvalue weighted by atomic mass is 10.1. The Morgan fingerprint density at radius 1 is 1.04 bits per heavy atom. The average molecular weight is 356 g/mol. The molecule has 0 saturated carbocycles. The van der Waals surface area contributed by atoms with Crippen LogP contribution in [0.2, 0.25) is 0 Å². The van der Waals surface area contributed by atoms with Crippen molar-refractivity contribution in [3.05, 3.63) is 24.9 Å². The molecule has 0 aromatic carbocycles. The molecule has 0 bridgehead atoms. The molecule has 2 saturated heterocycles. The number of morpholine rings is 1. The lowest BCUT2D eigenvalue weighted by molar-refractivity contribution is 0.122. The van der Waals surface area contributed by atoms with E-state index in [-0.39, 0.29) is 0 Å². The normalized spacial score (nSPS) is 19.8. The molecule has 26 heavy (non-hydrogen) atoms. The average Bonchev–Trinajstić information content (AvgIpc) is 3.39. The molecular weight excluding hydrogens is 328 g/mol. The van der Waals surface area contributed by atoms with Crippen molar-refractivity contribution in [1.82, 2.24) is 24.4 Å². The van der Waals surface area contributed by atoms with Crippen LogP contribution in [0.4, 0.5) is 5.95 Å². The van der Waals surface area contributed by atoms with Crippen LogP contribution in [0.15, 0.2) is 24.9 Å². The molecule has 2 aliphatic rings. The van der Waals surface area contributed by atoms with Crippen LogP contribution in [0.3, 0.4) is 0 Å². The number of nitrogens with zero attached hydrogens (tertiary/aromatic N) is 6. The molecule has 0 spiro atoms. The Bertz CT molecular complexity index is 688. The summed E-state index contributed by atoms with van der Waals surface area (Å²) in [5.41, 5.74) is 2.13. The predicted octanol–water partition coefficient (Wildman–Crippen LogP) is 2.22. The van der Waals surface area contributed by atoms with Gasteiger partial charge in [-0.15, -0.1) is 0 Å². The van der Waals surface area contributed by atoms with Gasteiger partial charge < -0.3 is 19.1 Å². The first-order chi connectivity index (χ1) is 12.8. The highest BCUT2D eigenvalue weighted by Gasteiger charge is 2.20. The van der Waals surface area contributed by atoms with E-state index in [1.54, 1.807) is 0 Å². The van der Waals surface area contributed by atoms with Crippen molar-refractivity contribution in [3.63, 3.8) is 0 Å². The summed E-state index contributed by atoms with van der Waals surface area (Å²) in [4.78, 5) is 18.3. The van der Waals surface area contributed by atoms with E-state index >= 15 is 0 Å². The quantitative estimate of drug-likeness (QED) is 0.791. The Labute approximate surface area is 155 Å². The van der Waals surface area contributed by atoms with Crippen molar-refractivity contribution >= 4 is 5.95 Å². The van der Waals surface area contributed by atoms with Gasteiger partial charge >= 0.3 is 0 Å². The molecule has 0 radical (unpaired) electrons. The third kappa shape index (κ3) is 3.73. The third-order valence-electron chi connectivity index (χ3n) is 5.43. The molecule has 2 aromatic rings. The lowest BCUT2D eigenvalue weighted by Crippen LogP contribution is -2.37. The van der Waals surface area contributed by atoms with Gasteiger partial charge in [0.05, 0.1) is 31.4 Å². The summed E-state index contributed by atoms with van der Waals surface area (Å²) < 4.78 is 7.70. The van der Waals surface area contributed by atoms with Crippen molar-refractivity contribution in [3.8, 4) is 11.3 Å². The minimum Gasteiger partial charge on any atom is -0.378 e. The first-order valence-electron chi connectivity index (χ1n) is 9.74. The second kappa shape index (κ2) is 8.14. The smallest absolute Gasteiger partial charge is 0.225 e. The van der Waals surface area contributed by atoms with Gasteiger partial charge in [0.15, 0.2) is 0 Å². The number of hydrogen-bond donors (Lipinski definition) is 0. The van der Waals surface area contributed by atoms with Gasteiger partial charge in [-0.05, 0) is 32.4 Å². The van der Waals surface area contributed by atoms with E-state index in [0.717, 1.165) is 56.5 Å². The van der Waals surface area contributed by atoms with E-state index in [4.69, 9.17) is 4.74 Å². The highest BCUT2D eigenvalue weighted by molar-refractivity contribution is 5.57. The Kier molecular flexibility index (Phi) is 5.45. The van der Waals surface area contributed by atoms with Crippen LogP contribution in [-0.2, 0) is 4.74 Å². The number of hydrogen-bond acceptors (Lipinski definition) is 6. The molecule has 7 heteroatoms. The molecule has 2 aliphatic heterocycles. The Balaban J connectivity index is 1.51. The van der Waals surface area contributed by atoms with E-state index in [0.29, 0.717) is 6.04 Å². The molecular formula is C19H28N6O. The maximum absolute atomic E-state index is 5.40. The van der Waals surface area contributed by atoms with Crippen LogP contribution >= 0.6 is 0 Å². The monoisotopic (exact) mass is 356 g/mol. The standard InChI is InChI=1S/C19H28N6O/c1-2-17(14-23-5-3-4-6-23)25-15-20-13-18(25)16-11-21-19(22-12-16)24-7-9-26-10-8-24/h11-13,15,17H,2-10,14H2,1H3/t17-/m0/s1. The maximum Gasteiger partial charge on any atom is 0.225 e. The molecule has 2 aromatic heterocycles. The molecule has 0 amide bonds. The summed E-state index contributed by atoms with van der Waals surface area (Å²) in [5, 5.41) is 0. The number of aromatic nitrogens is 4. The van der Waals surface area contributed by atoms with Crippen molar-refractivity contribution in [2.45, 2.75) is 32.2 Å². The molecule has 0 N–H and O–H groups in total. The van der Waals surface area contributed by atoms with Crippen LogP contribution in [0.5, 0.6) is 0 Å². The van der Waals surface area contributed by atoms with Crippen LogP contribution in [0.1, 0.15) is 32.2 Å². The SMILES string of the molecule is CC[C@@H](CN1CCCC1)n1cncc1-c1cnc(N2CCOCC2)nc1. The fourth-order valence-electron chi connectivity index (χ4n) is 3.88. The highest BCUT2D eigenvalue weighted by Crippen LogP contribution is 2.25. The van der Waals surface area contributed by atoms with Crippen LogP contribution < -0.4 is 4.90 Å². The van der Waals surface area contributed by atoms with Gasteiger partial charge in [-0.3, -0.25) is 0 Å². The van der Waals surface area contributed by atoms with Gasteiger partial charge in [0.2, 0.25) is 5.95 Å². The molecule has 0 unspecified atom stereocenters. The van der Waals surface area contributed by atoms with Crippen LogP contribution in [0.25, 0.3) is 11.3 Å². The first kappa shape index (κ1) is 17.4. The summed E-state index contributed by atoms with van der Waals surface area (Å²) >= 11 is 0. The van der Waals surface area contributed by atoms with Gasteiger partial charge in [-0.2, -0.15) is 0 Å². The van der Waals surface area contributed by atoms with Gasteiger partial charge in [-0.25, -0.2) is 15.0 Å². The fraction of sp³-hybridized carbons (Fsp3) is 0.632. The number of imidazole rings is 1. The minimum absolute atomic E-state index is 0.435. The molecule has 4 rings (SSSR count). The van der Waals surface area contributed by atoms with Gasteiger partial charge in [0.1, 0.15) is 0 Å². The zero-order valence-electron chi connectivity index (χ0n) is 15.5. The van der Waals surface area contributed by atoms with E-state index < -0.39 is 0 Å². The van der Waals surface area contributed by atoms with Crippen molar-refractivity contribution < 1.29 is 4.74 Å². The second-order valence-electron chi connectivity index (χ2n) is 7.13. The summed E-state index contributed by atoms with van der Waals surface area (Å²) in [5.74, 6) is 0.784. The van der Waals surface area contributed by atoms with E-state index in [2.05, 4.69) is 36.2 Å². The first-order valence-corrected chi connectivity index (χ1v) is 9.74. The predicted molar refractivity (Wildman–Crippen MR) is 101 cm³/mol. The van der Waals surface area contributed by atoms with Gasteiger partial charge in [0.25, 0.3) is 0 Å². The van der Waals surface area contributed by atoms with Crippen molar-refractivity contribution in [2.24, 2.45) is 0 Å². The van der Waals surface area contributed by atoms with E-state index in [1.807, 2.05) is 24.9 Å². The Morgan fingerprint density at radius 3 is 2.46 bits per heavy atom. The topological polar surface area (TPSA) is 59.3 Å². The van der Waals surface area contributed by atoms with Gasteiger partial charge in [-0.1, -0.05) is 6.92 Å². The highest BCUT2D eigenvalue weighted by atomic mass is 16.5. The van der Waals surface area contributed by atoms with Gasteiger partial charge in [0, 0.05) is 43.6 Å². The zero-order valence-corrected chi connectivity index (χ0v) is 15.5. The van der Waals surface area contributed by atoms with E-state index in [1.165, 1.54) is 25.9 Å². The summed E-state index contributed by atoms with van der Waals surface area (Å²) in [7, 11) is 0.